The van der Waals surface area contributed by atoms with E-state index in [1.54, 1.807) is 30.3 Å². The predicted molar refractivity (Wildman–Crippen MR) is 123 cm³/mol. The average Bonchev–Trinajstić information content (AvgIpc) is 2.71. The molecular formula is C23H31N3O4S. The molecule has 0 aromatic heterocycles. The lowest BCUT2D eigenvalue weighted by molar-refractivity contribution is -0.140. The third kappa shape index (κ3) is 7.10. The number of amides is 2. The molecular weight excluding hydrogens is 414 g/mol. The van der Waals surface area contributed by atoms with Crippen molar-refractivity contribution in [3.05, 3.63) is 66.2 Å². The van der Waals surface area contributed by atoms with Crippen LogP contribution in [0.5, 0.6) is 0 Å². The van der Waals surface area contributed by atoms with Crippen LogP contribution in [0.2, 0.25) is 0 Å². The molecule has 31 heavy (non-hydrogen) atoms. The summed E-state index contributed by atoms with van der Waals surface area (Å²) in [6.07, 6.45) is 1.47. The van der Waals surface area contributed by atoms with Gasteiger partial charge in [0.05, 0.1) is 11.9 Å². The Morgan fingerprint density at radius 1 is 0.968 bits per heavy atom. The molecule has 1 atom stereocenters. The highest BCUT2D eigenvalue weighted by molar-refractivity contribution is 7.92. The minimum atomic E-state index is -3.71. The number of rotatable bonds is 10. The first-order chi connectivity index (χ1) is 14.6. The van der Waals surface area contributed by atoms with E-state index in [9.17, 15) is 18.0 Å². The second kappa shape index (κ2) is 10.9. The highest BCUT2D eigenvalue weighted by atomic mass is 32.2. The van der Waals surface area contributed by atoms with Crippen LogP contribution in [-0.2, 0) is 26.2 Å². The van der Waals surface area contributed by atoms with Crippen LogP contribution >= 0.6 is 0 Å². The molecule has 0 radical (unpaired) electrons. The molecule has 0 heterocycles. The van der Waals surface area contributed by atoms with Gasteiger partial charge in [-0.2, -0.15) is 0 Å². The first-order valence-corrected chi connectivity index (χ1v) is 12.1. The highest BCUT2D eigenvalue weighted by Crippen LogP contribution is 2.19. The molecule has 0 bridgehead atoms. The molecule has 0 aliphatic heterocycles. The van der Waals surface area contributed by atoms with Crippen LogP contribution in [-0.4, -0.2) is 50.0 Å². The van der Waals surface area contributed by atoms with Crippen LogP contribution in [0, 0.1) is 0 Å². The van der Waals surface area contributed by atoms with Gasteiger partial charge in [-0.15, -0.1) is 0 Å². The number of nitrogens with zero attached hydrogens (tertiary/aromatic N) is 2. The summed E-state index contributed by atoms with van der Waals surface area (Å²) in [7, 11) is -3.71. The van der Waals surface area contributed by atoms with Gasteiger partial charge in [0.25, 0.3) is 0 Å². The summed E-state index contributed by atoms with van der Waals surface area (Å²) in [5, 5.41) is 2.87. The van der Waals surface area contributed by atoms with E-state index in [1.807, 2.05) is 51.1 Å². The van der Waals surface area contributed by atoms with E-state index in [2.05, 4.69) is 5.32 Å². The summed E-state index contributed by atoms with van der Waals surface area (Å²) in [4.78, 5) is 27.7. The van der Waals surface area contributed by atoms with Gasteiger partial charge < -0.3 is 10.2 Å². The normalized spacial score (nSPS) is 12.3. The zero-order valence-electron chi connectivity index (χ0n) is 18.5. The Labute approximate surface area is 185 Å². The molecule has 0 aliphatic carbocycles. The Balaban J connectivity index is 2.38. The van der Waals surface area contributed by atoms with Gasteiger partial charge in [0.15, 0.2) is 0 Å². The van der Waals surface area contributed by atoms with Crippen molar-refractivity contribution in [2.45, 2.75) is 45.8 Å². The smallest absolute Gasteiger partial charge is 0.244 e. The Morgan fingerprint density at radius 3 is 2.00 bits per heavy atom. The van der Waals surface area contributed by atoms with E-state index in [1.165, 1.54) is 4.90 Å². The fourth-order valence-electron chi connectivity index (χ4n) is 3.29. The lowest BCUT2D eigenvalue weighted by Crippen LogP contribution is -2.53. The number of sulfonamides is 1. The summed E-state index contributed by atoms with van der Waals surface area (Å²) in [6.45, 7) is 5.36. The largest absolute Gasteiger partial charge is 0.352 e. The number of carbonyl (C=O) groups excluding carboxylic acids is 2. The third-order valence-corrected chi connectivity index (χ3v) is 5.88. The van der Waals surface area contributed by atoms with Crippen molar-refractivity contribution in [3.8, 4) is 0 Å². The zero-order chi connectivity index (χ0) is 23.0. The van der Waals surface area contributed by atoms with Gasteiger partial charge in [0.1, 0.15) is 12.6 Å². The van der Waals surface area contributed by atoms with Crippen LogP contribution in [0.3, 0.4) is 0 Å². The van der Waals surface area contributed by atoms with Crippen LogP contribution in [0.4, 0.5) is 5.69 Å². The van der Waals surface area contributed by atoms with Crippen LogP contribution in [0.1, 0.15) is 32.8 Å². The minimum Gasteiger partial charge on any atom is -0.352 e. The molecule has 2 amide bonds. The number of para-hydroxylation sites is 1. The van der Waals surface area contributed by atoms with Gasteiger partial charge in [-0.3, -0.25) is 13.9 Å². The van der Waals surface area contributed by atoms with Gasteiger partial charge >= 0.3 is 0 Å². The fourth-order valence-corrected chi connectivity index (χ4v) is 4.14. The molecule has 0 aliphatic rings. The van der Waals surface area contributed by atoms with E-state index < -0.39 is 22.0 Å². The van der Waals surface area contributed by atoms with Gasteiger partial charge in [0.2, 0.25) is 21.8 Å². The summed E-state index contributed by atoms with van der Waals surface area (Å²) in [6, 6.07) is 17.0. The standard InChI is InChI=1S/C23H31N3O4S/c1-5-21(23(28)24-18(2)3)25(16-19-12-8-6-9-13-19)22(27)17-26(31(4,29)30)20-14-10-7-11-15-20/h6-15,18,21H,5,16-17H2,1-4H3,(H,24,28)/t21-/m1/s1. The van der Waals surface area contributed by atoms with Gasteiger partial charge in [-0.1, -0.05) is 55.5 Å². The lowest BCUT2D eigenvalue weighted by Gasteiger charge is -2.33. The van der Waals surface area contributed by atoms with E-state index in [4.69, 9.17) is 0 Å². The van der Waals surface area contributed by atoms with Crippen molar-refractivity contribution >= 4 is 27.5 Å². The molecule has 7 nitrogen and oxygen atoms in total. The van der Waals surface area contributed by atoms with Gasteiger partial charge in [-0.25, -0.2) is 8.42 Å². The van der Waals surface area contributed by atoms with Crippen molar-refractivity contribution in [2.75, 3.05) is 17.1 Å². The molecule has 2 rings (SSSR count). The number of benzene rings is 2. The van der Waals surface area contributed by atoms with Crippen molar-refractivity contribution in [3.63, 3.8) is 0 Å². The Morgan fingerprint density at radius 2 is 1.52 bits per heavy atom. The molecule has 1 N–H and O–H groups in total. The molecule has 168 valence electrons. The van der Waals surface area contributed by atoms with Crippen LogP contribution in [0.25, 0.3) is 0 Å². The first-order valence-electron chi connectivity index (χ1n) is 10.3. The molecule has 0 unspecified atom stereocenters. The molecule has 2 aromatic rings. The first kappa shape index (κ1) is 24.4. The maximum Gasteiger partial charge on any atom is 0.244 e. The molecule has 0 fully saturated rings. The fraction of sp³-hybridized carbons (Fsp3) is 0.391. The van der Waals surface area contributed by atoms with Crippen molar-refractivity contribution in [1.29, 1.82) is 0 Å². The second-order valence-corrected chi connectivity index (χ2v) is 9.61. The zero-order valence-corrected chi connectivity index (χ0v) is 19.3. The van der Waals surface area contributed by atoms with Crippen LogP contribution in [0.15, 0.2) is 60.7 Å². The van der Waals surface area contributed by atoms with Crippen molar-refractivity contribution in [2.24, 2.45) is 0 Å². The number of carbonyl (C=O) groups is 2. The lowest BCUT2D eigenvalue weighted by atomic mass is 10.1. The number of anilines is 1. The molecule has 0 saturated heterocycles. The number of hydrogen-bond donors (Lipinski definition) is 1. The Hall–Kier alpha value is -2.87. The maximum absolute atomic E-state index is 13.4. The molecule has 2 aromatic carbocycles. The molecule has 0 saturated carbocycles. The number of nitrogens with one attached hydrogen (secondary N) is 1. The SMILES string of the molecule is CC[C@H](C(=O)NC(C)C)N(Cc1ccccc1)C(=O)CN(c1ccccc1)S(C)(=O)=O. The van der Waals surface area contributed by atoms with Crippen LogP contribution < -0.4 is 9.62 Å². The Bertz CT molecular complexity index is 963. The summed E-state index contributed by atoms with van der Waals surface area (Å²) in [5.41, 5.74) is 1.26. The quantitative estimate of drug-likeness (QED) is 0.609. The van der Waals surface area contributed by atoms with Crippen molar-refractivity contribution < 1.29 is 18.0 Å². The third-order valence-electron chi connectivity index (χ3n) is 4.74. The molecule has 8 heteroatoms. The monoisotopic (exact) mass is 445 g/mol. The summed E-state index contributed by atoms with van der Waals surface area (Å²) in [5.74, 6) is -0.698. The van der Waals surface area contributed by atoms with E-state index in [0.717, 1.165) is 16.1 Å². The summed E-state index contributed by atoms with van der Waals surface area (Å²) < 4.78 is 26.0. The van der Waals surface area contributed by atoms with Gasteiger partial charge in [-0.05, 0) is 38.0 Å². The van der Waals surface area contributed by atoms with Crippen molar-refractivity contribution in [1.82, 2.24) is 10.2 Å². The maximum atomic E-state index is 13.4. The van der Waals surface area contributed by atoms with E-state index >= 15 is 0 Å². The summed E-state index contributed by atoms with van der Waals surface area (Å²) >= 11 is 0. The average molecular weight is 446 g/mol. The minimum absolute atomic E-state index is 0.0768. The second-order valence-electron chi connectivity index (χ2n) is 7.70. The number of hydrogen-bond acceptors (Lipinski definition) is 4. The highest BCUT2D eigenvalue weighted by Gasteiger charge is 2.31. The Kier molecular flexibility index (Phi) is 8.62. The van der Waals surface area contributed by atoms with Gasteiger partial charge in [0, 0.05) is 12.6 Å². The predicted octanol–water partition coefficient (Wildman–Crippen LogP) is 2.78. The van der Waals surface area contributed by atoms with E-state index in [0.29, 0.717) is 12.1 Å². The topological polar surface area (TPSA) is 86.8 Å². The van der Waals surface area contributed by atoms with E-state index in [-0.39, 0.29) is 25.0 Å². The molecule has 0 spiro atoms.